The summed E-state index contributed by atoms with van der Waals surface area (Å²) in [5.41, 5.74) is 2.68. The van der Waals surface area contributed by atoms with Gasteiger partial charge in [-0.2, -0.15) is 0 Å². The molecule has 0 aromatic heterocycles. The molecule has 0 heterocycles. The predicted molar refractivity (Wildman–Crippen MR) is 39.6 cm³/mol. The molecule has 1 aromatic rings. The third-order valence-electron chi connectivity index (χ3n) is 1.62. The molecule has 1 aliphatic carbocycles. The first kappa shape index (κ1) is 12.0. The summed E-state index contributed by atoms with van der Waals surface area (Å²) in [4.78, 5) is 0. The van der Waals surface area contributed by atoms with E-state index in [-0.39, 0.29) is 24.8 Å². The van der Waals surface area contributed by atoms with Crippen molar-refractivity contribution in [3.05, 3.63) is 41.5 Å². The normalized spacial score (nSPS) is 11.5. The molecule has 0 saturated carbocycles. The van der Waals surface area contributed by atoms with Gasteiger partial charge in [-0.25, -0.2) is 0 Å². The molecule has 0 bridgehead atoms. The van der Waals surface area contributed by atoms with Gasteiger partial charge in [-0.15, -0.1) is 0 Å². The van der Waals surface area contributed by atoms with E-state index in [0.717, 1.165) is 0 Å². The van der Waals surface area contributed by atoms with Crippen molar-refractivity contribution in [2.75, 3.05) is 0 Å². The van der Waals surface area contributed by atoms with Crippen LogP contribution in [0.1, 0.15) is 11.1 Å². The topological polar surface area (TPSA) is 0 Å². The number of allylic oxidation sites excluding steroid dienone is 1. The van der Waals surface area contributed by atoms with E-state index in [9.17, 15) is 0 Å². The zero-order chi connectivity index (χ0) is 6.97. The summed E-state index contributed by atoms with van der Waals surface area (Å²) in [5.74, 6) is 0. The fourth-order valence-corrected chi connectivity index (χ4v) is 1.65. The minimum atomic E-state index is 0. The SMILES string of the molecule is [Cl-].[Cl-].[Ru+2]=[C]1C=Cc2ccccc21. The van der Waals surface area contributed by atoms with Gasteiger partial charge in [-0.05, 0) is 0 Å². The van der Waals surface area contributed by atoms with E-state index in [4.69, 9.17) is 0 Å². The quantitative estimate of drug-likeness (QED) is 0.424. The van der Waals surface area contributed by atoms with E-state index in [1.807, 2.05) is 0 Å². The number of fused-ring (bicyclic) bond motifs is 1. The standard InChI is InChI=1S/C9H6.2ClH.Ru/c1-2-5-9-7-3-6-8(9)4-1;;;/h1-6H;2*1H;/q;;;+2/p-2. The van der Waals surface area contributed by atoms with Gasteiger partial charge < -0.3 is 24.8 Å². The third kappa shape index (κ3) is 2.04. The monoisotopic (exact) mass is 286 g/mol. The summed E-state index contributed by atoms with van der Waals surface area (Å²) < 4.78 is 1.30. The van der Waals surface area contributed by atoms with Crippen LogP contribution in [0.3, 0.4) is 0 Å². The van der Waals surface area contributed by atoms with Crippen molar-refractivity contribution < 1.29 is 42.7 Å². The Hall–Kier alpha value is 0.0334. The van der Waals surface area contributed by atoms with E-state index < -0.39 is 0 Å². The summed E-state index contributed by atoms with van der Waals surface area (Å²) >= 11 is 2.64. The van der Waals surface area contributed by atoms with Crippen LogP contribution in [0.2, 0.25) is 0 Å². The Morgan fingerprint density at radius 3 is 2.25 bits per heavy atom. The Balaban J connectivity index is 0.000000605. The fraction of sp³-hybridized carbons (Fsp3) is 0. The van der Waals surface area contributed by atoms with Crippen molar-refractivity contribution in [2.45, 2.75) is 0 Å². The second-order valence-electron chi connectivity index (χ2n) is 2.26. The van der Waals surface area contributed by atoms with Gasteiger partial charge in [0.1, 0.15) is 0 Å². The zero-order valence-electron chi connectivity index (χ0n) is 6.07. The molecule has 0 spiro atoms. The van der Waals surface area contributed by atoms with E-state index in [0.29, 0.717) is 0 Å². The van der Waals surface area contributed by atoms with Crippen molar-refractivity contribution in [3.8, 4) is 0 Å². The average Bonchev–Trinajstić information content (AvgIpc) is 2.34. The summed E-state index contributed by atoms with van der Waals surface area (Å²) in [6.07, 6.45) is 4.27. The Labute approximate surface area is 94.1 Å². The van der Waals surface area contributed by atoms with Crippen LogP contribution in [0.5, 0.6) is 0 Å². The van der Waals surface area contributed by atoms with Crippen LogP contribution in [0, 0.1) is 0 Å². The molecule has 0 N–H and O–H groups in total. The maximum absolute atomic E-state index is 2.64. The molecule has 0 aliphatic heterocycles. The molecule has 1 aliphatic rings. The van der Waals surface area contributed by atoms with Crippen LogP contribution in [0.4, 0.5) is 0 Å². The zero-order valence-corrected chi connectivity index (χ0v) is 9.32. The molecule has 0 unspecified atom stereocenters. The van der Waals surface area contributed by atoms with Crippen LogP contribution in [-0.4, -0.2) is 4.11 Å². The Morgan fingerprint density at radius 2 is 1.58 bits per heavy atom. The van der Waals surface area contributed by atoms with Crippen LogP contribution >= 0.6 is 0 Å². The van der Waals surface area contributed by atoms with Crippen LogP contribution in [0.25, 0.3) is 6.08 Å². The van der Waals surface area contributed by atoms with Crippen molar-refractivity contribution >= 4 is 10.2 Å². The van der Waals surface area contributed by atoms with Gasteiger partial charge in [0.15, 0.2) is 0 Å². The van der Waals surface area contributed by atoms with Gasteiger partial charge in [0, 0.05) is 0 Å². The van der Waals surface area contributed by atoms with Crippen molar-refractivity contribution in [1.29, 1.82) is 0 Å². The van der Waals surface area contributed by atoms with Crippen LogP contribution in [-0.2, 0) is 17.9 Å². The molecular formula is C9H6Cl2Ru. The average molecular weight is 286 g/mol. The minimum absolute atomic E-state index is 0. The molecule has 2 rings (SSSR count). The van der Waals surface area contributed by atoms with Crippen molar-refractivity contribution in [2.24, 2.45) is 0 Å². The summed E-state index contributed by atoms with van der Waals surface area (Å²) in [6, 6.07) is 8.40. The van der Waals surface area contributed by atoms with E-state index in [2.05, 4.69) is 54.3 Å². The van der Waals surface area contributed by atoms with Gasteiger partial charge in [0.2, 0.25) is 0 Å². The predicted octanol–water partition coefficient (Wildman–Crippen LogP) is -4.21. The molecule has 1 aromatic carbocycles. The molecule has 0 nitrogen and oxygen atoms in total. The fourth-order valence-electron chi connectivity index (χ4n) is 1.10. The molecule has 12 heavy (non-hydrogen) atoms. The Morgan fingerprint density at radius 1 is 0.917 bits per heavy atom. The number of benzene rings is 1. The van der Waals surface area contributed by atoms with Gasteiger partial charge in [0.25, 0.3) is 0 Å². The van der Waals surface area contributed by atoms with Gasteiger partial charge in [0.05, 0.1) is 0 Å². The second-order valence-corrected chi connectivity index (χ2v) is 3.19. The van der Waals surface area contributed by atoms with Crippen LogP contribution in [0.15, 0.2) is 30.3 Å². The Bertz CT molecular complexity index is 318. The molecule has 0 atom stereocenters. The van der Waals surface area contributed by atoms with E-state index in [1.165, 1.54) is 15.2 Å². The number of halogens is 2. The molecule has 0 saturated heterocycles. The van der Waals surface area contributed by atoms with E-state index in [1.54, 1.807) is 0 Å². The van der Waals surface area contributed by atoms with Crippen LogP contribution < -0.4 is 24.8 Å². The molecule has 3 heteroatoms. The number of rotatable bonds is 0. The molecular weight excluding hydrogens is 280 g/mol. The molecule has 0 radical (unpaired) electrons. The first-order chi connectivity index (χ1) is 4.88. The molecule has 64 valence electrons. The van der Waals surface area contributed by atoms with Crippen molar-refractivity contribution in [3.63, 3.8) is 0 Å². The summed E-state index contributed by atoms with van der Waals surface area (Å²) in [7, 11) is 0. The van der Waals surface area contributed by atoms with Crippen molar-refractivity contribution in [1.82, 2.24) is 0 Å². The second kappa shape index (κ2) is 4.91. The maximum atomic E-state index is 2.64. The molecule has 0 amide bonds. The number of hydrogen-bond acceptors (Lipinski definition) is 0. The van der Waals surface area contributed by atoms with Gasteiger partial charge in [-0.1, -0.05) is 0 Å². The molecule has 0 fully saturated rings. The van der Waals surface area contributed by atoms with Gasteiger partial charge >= 0.3 is 69.5 Å². The van der Waals surface area contributed by atoms with E-state index >= 15 is 0 Å². The third-order valence-corrected chi connectivity index (χ3v) is 2.37. The summed E-state index contributed by atoms with van der Waals surface area (Å²) in [6.45, 7) is 0. The first-order valence-corrected chi connectivity index (χ1v) is 4.03. The number of hydrogen-bond donors (Lipinski definition) is 0. The summed E-state index contributed by atoms with van der Waals surface area (Å²) in [5, 5.41) is 0. The first-order valence-electron chi connectivity index (χ1n) is 3.16. The Kier molecular flexibility index (Phi) is 4.93. The van der Waals surface area contributed by atoms with Gasteiger partial charge in [-0.3, -0.25) is 0 Å².